The van der Waals surface area contributed by atoms with E-state index in [-0.39, 0.29) is 0 Å². The largest absolute Gasteiger partial charge is 0.381 e. The van der Waals surface area contributed by atoms with Gasteiger partial charge in [0, 0.05) is 30.0 Å². The van der Waals surface area contributed by atoms with Crippen molar-refractivity contribution in [1.82, 2.24) is 9.78 Å². The first kappa shape index (κ1) is 14.6. The van der Waals surface area contributed by atoms with Gasteiger partial charge >= 0.3 is 0 Å². The molecule has 0 aliphatic carbocycles. The lowest BCUT2D eigenvalue weighted by atomic mass is 10.1. The third-order valence-corrected chi connectivity index (χ3v) is 3.45. The van der Waals surface area contributed by atoms with Gasteiger partial charge in [0.25, 0.3) is 0 Å². The zero-order valence-electron chi connectivity index (χ0n) is 12.8. The number of nitrogens with one attached hydrogen (secondary N) is 1. The first-order valence-electron chi connectivity index (χ1n) is 7.55. The topological polar surface area (TPSA) is 29.9 Å². The minimum Gasteiger partial charge on any atom is -0.381 e. The summed E-state index contributed by atoms with van der Waals surface area (Å²) < 4.78 is 1.99. The lowest BCUT2D eigenvalue weighted by Gasteiger charge is -2.07. The van der Waals surface area contributed by atoms with Crippen molar-refractivity contribution in [2.45, 2.75) is 52.6 Å². The van der Waals surface area contributed by atoms with Crippen LogP contribution in [0.4, 0.5) is 5.69 Å². The summed E-state index contributed by atoms with van der Waals surface area (Å²) in [6.07, 6.45) is 7.73. The summed E-state index contributed by atoms with van der Waals surface area (Å²) in [6, 6.07) is 9.18. The number of hydrogen-bond donors (Lipinski definition) is 1. The average molecular weight is 271 g/mol. The molecule has 2 aromatic rings. The quantitative estimate of drug-likeness (QED) is 0.808. The van der Waals surface area contributed by atoms with Gasteiger partial charge in [-0.3, -0.25) is 4.68 Å². The van der Waals surface area contributed by atoms with Crippen molar-refractivity contribution in [3.63, 3.8) is 0 Å². The second kappa shape index (κ2) is 7.13. The molecule has 0 radical (unpaired) electrons. The highest BCUT2D eigenvalue weighted by atomic mass is 15.3. The SMILES string of the molecule is CCCCc1ccc(NCc2cnn(C(C)C)c2)cc1. The number of aryl methyl sites for hydroxylation is 1. The maximum atomic E-state index is 4.35. The Balaban J connectivity index is 1.86. The highest BCUT2D eigenvalue weighted by molar-refractivity contribution is 5.45. The Bertz CT molecular complexity index is 511. The molecule has 1 aromatic carbocycles. The molecule has 0 aliphatic rings. The van der Waals surface area contributed by atoms with Gasteiger partial charge in [-0.05, 0) is 44.4 Å². The molecule has 0 atom stereocenters. The summed E-state index contributed by atoms with van der Waals surface area (Å²) in [5.74, 6) is 0. The van der Waals surface area contributed by atoms with E-state index >= 15 is 0 Å². The standard InChI is InChI=1S/C17H25N3/c1-4-5-6-15-7-9-17(10-8-15)18-11-16-12-19-20(13-16)14(2)3/h7-10,12-14,18H,4-6,11H2,1-3H3. The van der Waals surface area contributed by atoms with Crippen LogP contribution in [0.5, 0.6) is 0 Å². The number of aromatic nitrogens is 2. The molecule has 1 aromatic heterocycles. The van der Waals surface area contributed by atoms with Crippen molar-refractivity contribution >= 4 is 5.69 Å². The van der Waals surface area contributed by atoms with E-state index < -0.39 is 0 Å². The van der Waals surface area contributed by atoms with Crippen molar-refractivity contribution in [2.75, 3.05) is 5.32 Å². The summed E-state index contributed by atoms with van der Waals surface area (Å²) in [4.78, 5) is 0. The number of hydrogen-bond acceptors (Lipinski definition) is 2. The molecule has 20 heavy (non-hydrogen) atoms. The Labute approximate surface area is 122 Å². The van der Waals surface area contributed by atoms with Gasteiger partial charge in [-0.1, -0.05) is 25.5 Å². The smallest absolute Gasteiger partial charge is 0.0539 e. The maximum Gasteiger partial charge on any atom is 0.0539 e. The monoisotopic (exact) mass is 271 g/mol. The molecule has 0 saturated heterocycles. The van der Waals surface area contributed by atoms with Crippen LogP contribution in [0.2, 0.25) is 0 Å². The summed E-state index contributed by atoms with van der Waals surface area (Å²) >= 11 is 0. The van der Waals surface area contributed by atoms with Crippen LogP contribution in [0.15, 0.2) is 36.7 Å². The Morgan fingerprint density at radius 2 is 1.90 bits per heavy atom. The van der Waals surface area contributed by atoms with Crippen LogP contribution >= 0.6 is 0 Å². The first-order valence-corrected chi connectivity index (χ1v) is 7.55. The van der Waals surface area contributed by atoms with Gasteiger partial charge in [0.2, 0.25) is 0 Å². The van der Waals surface area contributed by atoms with Crippen molar-refractivity contribution in [1.29, 1.82) is 0 Å². The molecule has 0 fully saturated rings. The molecule has 3 nitrogen and oxygen atoms in total. The summed E-state index contributed by atoms with van der Waals surface area (Å²) in [6.45, 7) is 7.33. The van der Waals surface area contributed by atoms with Gasteiger partial charge in [-0.2, -0.15) is 5.10 Å². The molecule has 108 valence electrons. The molecular formula is C17H25N3. The summed E-state index contributed by atoms with van der Waals surface area (Å²) in [5, 5.41) is 7.80. The number of rotatable bonds is 7. The van der Waals surface area contributed by atoms with E-state index in [1.165, 1.54) is 36.1 Å². The average Bonchev–Trinajstić information content (AvgIpc) is 2.93. The Kier molecular flexibility index (Phi) is 5.22. The fourth-order valence-corrected chi connectivity index (χ4v) is 2.13. The van der Waals surface area contributed by atoms with E-state index in [1.54, 1.807) is 0 Å². The second-order valence-electron chi connectivity index (χ2n) is 5.58. The Morgan fingerprint density at radius 3 is 2.50 bits per heavy atom. The van der Waals surface area contributed by atoms with Gasteiger partial charge < -0.3 is 5.32 Å². The van der Waals surface area contributed by atoms with Crippen LogP contribution in [0.1, 0.15) is 50.8 Å². The Hall–Kier alpha value is -1.77. The van der Waals surface area contributed by atoms with Crippen molar-refractivity contribution in [3.8, 4) is 0 Å². The molecule has 0 amide bonds. The van der Waals surface area contributed by atoms with Crippen LogP contribution in [0, 0.1) is 0 Å². The number of unbranched alkanes of at least 4 members (excludes halogenated alkanes) is 1. The Morgan fingerprint density at radius 1 is 1.15 bits per heavy atom. The van der Waals surface area contributed by atoms with Crippen LogP contribution in [0.25, 0.3) is 0 Å². The lowest BCUT2D eigenvalue weighted by Crippen LogP contribution is -2.01. The highest BCUT2D eigenvalue weighted by Gasteiger charge is 2.01. The van der Waals surface area contributed by atoms with Gasteiger partial charge in [0.05, 0.1) is 6.20 Å². The molecule has 0 saturated carbocycles. The minimum atomic E-state index is 0.418. The van der Waals surface area contributed by atoms with E-state index in [4.69, 9.17) is 0 Å². The summed E-state index contributed by atoms with van der Waals surface area (Å²) in [5.41, 5.74) is 3.81. The van der Waals surface area contributed by atoms with E-state index in [0.29, 0.717) is 6.04 Å². The van der Waals surface area contributed by atoms with Gasteiger partial charge in [0.15, 0.2) is 0 Å². The number of nitrogens with zero attached hydrogens (tertiary/aromatic N) is 2. The summed E-state index contributed by atoms with van der Waals surface area (Å²) in [7, 11) is 0. The second-order valence-corrected chi connectivity index (χ2v) is 5.58. The van der Waals surface area contributed by atoms with E-state index in [2.05, 4.69) is 61.6 Å². The zero-order valence-corrected chi connectivity index (χ0v) is 12.8. The maximum absolute atomic E-state index is 4.35. The number of benzene rings is 1. The minimum absolute atomic E-state index is 0.418. The zero-order chi connectivity index (χ0) is 14.4. The molecule has 0 spiro atoms. The van der Waals surface area contributed by atoms with E-state index in [0.717, 1.165) is 6.54 Å². The van der Waals surface area contributed by atoms with Crippen molar-refractivity contribution in [2.24, 2.45) is 0 Å². The third-order valence-electron chi connectivity index (χ3n) is 3.45. The normalized spacial score (nSPS) is 11.0. The first-order chi connectivity index (χ1) is 9.69. The fraction of sp³-hybridized carbons (Fsp3) is 0.471. The van der Waals surface area contributed by atoms with Crippen LogP contribution < -0.4 is 5.32 Å². The van der Waals surface area contributed by atoms with Crippen LogP contribution in [-0.2, 0) is 13.0 Å². The van der Waals surface area contributed by atoms with Crippen LogP contribution in [-0.4, -0.2) is 9.78 Å². The van der Waals surface area contributed by atoms with E-state index in [9.17, 15) is 0 Å². The predicted molar refractivity (Wildman–Crippen MR) is 85.0 cm³/mol. The molecule has 0 bridgehead atoms. The van der Waals surface area contributed by atoms with Gasteiger partial charge in [-0.25, -0.2) is 0 Å². The predicted octanol–water partition coefficient (Wildman–Crippen LogP) is 4.42. The molecule has 2 rings (SSSR count). The van der Waals surface area contributed by atoms with Crippen molar-refractivity contribution < 1.29 is 0 Å². The highest BCUT2D eigenvalue weighted by Crippen LogP contribution is 2.13. The third kappa shape index (κ3) is 4.12. The van der Waals surface area contributed by atoms with E-state index in [1.807, 2.05) is 10.9 Å². The molecular weight excluding hydrogens is 246 g/mol. The molecule has 0 aliphatic heterocycles. The van der Waals surface area contributed by atoms with Crippen molar-refractivity contribution in [3.05, 3.63) is 47.8 Å². The number of anilines is 1. The van der Waals surface area contributed by atoms with Gasteiger partial charge in [0.1, 0.15) is 0 Å². The molecule has 0 unspecified atom stereocenters. The molecule has 1 heterocycles. The van der Waals surface area contributed by atoms with Crippen LogP contribution in [0.3, 0.4) is 0 Å². The molecule has 1 N–H and O–H groups in total. The lowest BCUT2D eigenvalue weighted by molar-refractivity contribution is 0.532. The van der Waals surface area contributed by atoms with Gasteiger partial charge in [-0.15, -0.1) is 0 Å². The molecule has 3 heteroatoms. The fourth-order valence-electron chi connectivity index (χ4n) is 2.13.